The summed E-state index contributed by atoms with van der Waals surface area (Å²) in [6, 6.07) is 15.9. The van der Waals surface area contributed by atoms with Crippen LogP contribution in [0.3, 0.4) is 0 Å². The fourth-order valence-corrected chi connectivity index (χ4v) is 3.83. The lowest BCUT2D eigenvalue weighted by molar-refractivity contribution is 0.340. The minimum absolute atomic E-state index is 0.656. The molecule has 5 nitrogen and oxygen atoms in total. The first-order valence-electron chi connectivity index (χ1n) is 8.65. The van der Waals surface area contributed by atoms with Gasteiger partial charge in [0.1, 0.15) is 28.5 Å². The first-order chi connectivity index (χ1) is 13.3. The van der Waals surface area contributed by atoms with E-state index in [-0.39, 0.29) is 0 Å². The van der Waals surface area contributed by atoms with Crippen molar-refractivity contribution in [3.05, 3.63) is 60.2 Å². The lowest BCUT2D eigenvalue weighted by Gasteiger charge is -2.10. The van der Waals surface area contributed by atoms with Gasteiger partial charge in [-0.15, -0.1) is 11.3 Å². The van der Waals surface area contributed by atoms with Gasteiger partial charge in [-0.25, -0.2) is 9.97 Å². The number of aromatic nitrogens is 2. The molecule has 0 unspecified atom stereocenters. The van der Waals surface area contributed by atoms with Gasteiger partial charge in [-0.3, -0.25) is 0 Å². The number of thiophene rings is 1. The van der Waals surface area contributed by atoms with E-state index < -0.39 is 0 Å². The summed E-state index contributed by atoms with van der Waals surface area (Å²) in [5, 5.41) is 6.53. The minimum Gasteiger partial charge on any atom is -0.497 e. The van der Waals surface area contributed by atoms with Crippen molar-refractivity contribution in [1.29, 1.82) is 0 Å². The number of nitrogens with one attached hydrogen (secondary N) is 1. The molecule has 0 aliphatic carbocycles. The van der Waals surface area contributed by atoms with Gasteiger partial charge in [-0.2, -0.15) is 0 Å². The average Bonchev–Trinajstić information content (AvgIpc) is 3.14. The molecule has 0 saturated heterocycles. The summed E-state index contributed by atoms with van der Waals surface area (Å²) in [5.74, 6) is 2.44. The van der Waals surface area contributed by atoms with E-state index in [0.717, 1.165) is 44.3 Å². The van der Waals surface area contributed by atoms with Gasteiger partial charge in [-0.05, 0) is 36.8 Å². The number of hydrogen-bond donors (Lipinski definition) is 1. The molecule has 2 aromatic carbocycles. The number of hydrogen-bond acceptors (Lipinski definition) is 6. The van der Waals surface area contributed by atoms with Crippen LogP contribution in [-0.2, 0) is 0 Å². The van der Waals surface area contributed by atoms with Crippen LogP contribution in [0.5, 0.6) is 11.5 Å². The Kier molecular flexibility index (Phi) is 4.89. The third-order valence-corrected chi connectivity index (χ3v) is 5.07. The third kappa shape index (κ3) is 3.57. The van der Waals surface area contributed by atoms with Crippen LogP contribution in [0.4, 0.5) is 11.5 Å². The number of rotatable bonds is 6. The smallest absolute Gasteiger partial charge is 0.143 e. The largest absolute Gasteiger partial charge is 0.497 e. The molecule has 0 fully saturated rings. The molecule has 0 aliphatic heterocycles. The third-order valence-electron chi connectivity index (χ3n) is 4.18. The van der Waals surface area contributed by atoms with Gasteiger partial charge >= 0.3 is 0 Å². The van der Waals surface area contributed by atoms with Crippen LogP contribution in [0.25, 0.3) is 21.3 Å². The van der Waals surface area contributed by atoms with E-state index in [0.29, 0.717) is 6.61 Å². The normalized spacial score (nSPS) is 10.7. The maximum Gasteiger partial charge on any atom is 0.143 e. The zero-order valence-corrected chi connectivity index (χ0v) is 15.9. The SMILES string of the molecule is CCOc1ccc(-c2csc3ncnc(Nc4cccc(OC)c4)c23)cc1. The highest BCUT2D eigenvalue weighted by atomic mass is 32.1. The molecule has 1 N–H and O–H groups in total. The molecule has 2 heterocycles. The molecule has 4 rings (SSSR count). The maximum atomic E-state index is 5.54. The number of fused-ring (bicyclic) bond motifs is 1. The summed E-state index contributed by atoms with van der Waals surface area (Å²) in [6.45, 7) is 2.64. The van der Waals surface area contributed by atoms with E-state index in [4.69, 9.17) is 9.47 Å². The molecule has 0 radical (unpaired) electrons. The Morgan fingerprint density at radius 2 is 1.89 bits per heavy atom. The van der Waals surface area contributed by atoms with E-state index in [2.05, 4.69) is 32.8 Å². The van der Waals surface area contributed by atoms with E-state index in [1.807, 2.05) is 43.3 Å². The summed E-state index contributed by atoms with van der Waals surface area (Å²) in [4.78, 5) is 9.85. The van der Waals surface area contributed by atoms with Gasteiger partial charge in [-0.1, -0.05) is 18.2 Å². The molecular weight excluding hydrogens is 358 g/mol. The monoisotopic (exact) mass is 377 g/mol. The zero-order valence-electron chi connectivity index (χ0n) is 15.1. The van der Waals surface area contributed by atoms with Gasteiger partial charge in [0.15, 0.2) is 0 Å². The highest BCUT2D eigenvalue weighted by Gasteiger charge is 2.13. The quantitative estimate of drug-likeness (QED) is 0.480. The fraction of sp³-hybridized carbons (Fsp3) is 0.143. The lowest BCUT2D eigenvalue weighted by atomic mass is 10.1. The Hall–Kier alpha value is -3.12. The summed E-state index contributed by atoms with van der Waals surface area (Å²) >= 11 is 1.61. The Labute approximate surface area is 161 Å². The van der Waals surface area contributed by atoms with Gasteiger partial charge < -0.3 is 14.8 Å². The van der Waals surface area contributed by atoms with Crippen LogP contribution in [0.1, 0.15) is 6.92 Å². The van der Waals surface area contributed by atoms with Crippen molar-refractivity contribution >= 4 is 33.1 Å². The number of benzene rings is 2. The van der Waals surface area contributed by atoms with Crippen molar-refractivity contribution in [2.24, 2.45) is 0 Å². The first kappa shape index (κ1) is 17.3. The van der Waals surface area contributed by atoms with Crippen LogP contribution >= 0.6 is 11.3 Å². The van der Waals surface area contributed by atoms with Crippen molar-refractivity contribution in [3.8, 4) is 22.6 Å². The van der Waals surface area contributed by atoms with Crippen LogP contribution in [0.2, 0.25) is 0 Å². The lowest BCUT2D eigenvalue weighted by Crippen LogP contribution is -1.96. The Bertz CT molecular complexity index is 1060. The van der Waals surface area contributed by atoms with Crippen LogP contribution in [0, 0.1) is 0 Å². The molecule has 0 spiro atoms. The minimum atomic E-state index is 0.656. The molecular formula is C21H19N3O2S. The van der Waals surface area contributed by atoms with Crippen LogP contribution < -0.4 is 14.8 Å². The van der Waals surface area contributed by atoms with Crippen molar-refractivity contribution in [2.45, 2.75) is 6.92 Å². The molecule has 27 heavy (non-hydrogen) atoms. The Morgan fingerprint density at radius 1 is 1.04 bits per heavy atom. The molecule has 136 valence electrons. The molecule has 0 atom stereocenters. The molecule has 0 saturated carbocycles. The molecule has 6 heteroatoms. The van der Waals surface area contributed by atoms with Gasteiger partial charge in [0.05, 0.1) is 19.1 Å². The predicted octanol–water partition coefficient (Wildman–Crippen LogP) is 5.51. The van der Waals surface area contributed by atoms with Gasteiger partial charge in [0.25, 0.3) is 0 Å². The summed E-state index contributed by atoms with van der Waals surface area (Å²) in [6.07, 6.45) is 1.59. The van der Waals surface area contributed by atoms with Crippen LogP contribution in [0.15, 0.2) is 60.2 Å². The number of nitrogens with zero attached hydrogens (tertiary/aromatic N) is 2. The Morgan fingerprint density at radius 3 is 2.67 bits per heavy atom. The van der Waals surface area contributed by atoms with E-state index in [1.165, 1.54) is 0 Å². The van der Waals surface area contributed by atoms with Crippen molar-refractivity contribution in [1.82, 2.24) is 9.97 Å². The molecule has 2 aromatic heterocycles. The topological polar surface area (TPSA) is 56.3 Å². The van der Waals surface area contributed by atoms with Gasteiger partial charge in [0, 0.05) is 22.7 Å². The summed E-state index contributed by atoms with van der Waals surface area (Å²) < 4.78 is 10.9. The van der Waals surface area contributed by atoms with Crippen molar-refractivity contribution < 1.29 is 9.47 Å². The maximum absolute atomic E-state index is 5.54. The molecule has 0 aliphatic rings. The Balaban J connectivity index is 1.75. The second kappa shape index (κ2) is 7.63. The summed E-state index contributed by atoms with van der Waals surface area (Å²) in [5.41, 5.74) is 3.12. The first-order valence-corrected chi connectivity index (χ1v) is 9.53. The highest BCUT2D eigenvalue weighted by Crippen LogP contribution is 2.38. The number of anilines is 2. The average molecular weight is 377 g/mol. The predicted molar refractivity (Wildman–Crippen MR) is 110 cm³/mol. The number of methoxy groups -OCH3 is 1. The van der Waals surface area contributed by atoms with Crippen LogP contribution in [-0.4, -0.2) is 23.7 Å². The molecule has 0 amide bonds. The second-order valence-corrected chi connectivity index (χ2v) is 6.72. The summed E-state index contributed by atoms with van der Waals surface area (Å²) in [7, 11) is 1.66. The molecule has 4 aromatic rings. The second-order valence-electron chi connectivity index (χ2n) is 5.87. The molecule has 0 bridgehead atoms. The van der Waals surface area contributed by atoms with Gasteiger partial charge in [0.2, 0.25) is 0 Å². The highest BCUT2D eigenvalue weighted by molar-refractivity contribution is 7.17. The van der Waals surface area contributed by atoms with E-state index in [1.54, 1.807) is 24.8 Å². The van der Waals surface area contributed by atoms with Crippen molar-refractivity contribution in [2.75, 3.05) is 19.0 Å². The van der Waals surface area contributed by atoms with Crippen molar-refractivity contribution in [3.63, 3.8) is 0 Å². The van der Waals surface area contributed by atoms with E-state index >= 15 is 0 Å². The zero-order chi connectivity index (χ0) is 18.6. The van der Waals surface area contributed by atoms with E-state index in [9.17, 15) is 0 Å². The fourth-order valence-electron chi connectivity index (χ4n) is 2.92. The number of ether oxygens (including phenoxy) is 2. The standard InChI is InChI=1S/C21H19N3O2S/c1-3-26-16-9-7-14(8-10-16)18-12-27-21-19(18)20(22-13-23-21)24-15-5-4-6-17(11-15)25-2/h4-13H,3H2,1-2H3,(H,22,23,24).